The van der Waals surface area contributed by atoms with Gasteiger partial charge in [0.2, 0.25) is 0 Å². The van der Waals surface area contributed by atoms with Crippen LogP contribution in [0.4, 0.5) is 4.79 Å². The van der Waals surface area contributed by atoms with Crippen molar-refractivity contribution >= 4 is 12.0 Å². The van der Waals surface area contributed by atoms with E-state index in [9.17, 15) is 9.59 Å². The zero-order valence-electron chi connectivity index (χ0n) is 16.7. The molecule has 144 valence electrons. The van der Waals surface area contributed by atoms with E-state index in [2.05, 4.69) is 19.2 Å². The first-order chi connectivity index (χ1) is 12.2. The summed E-state index contributed by atoms with van der Waals surface area (Å²) in [5.74, 6) is 0.945. The van der Waals surface area contributed by atoms with Crippen molar-refractivity contribution < 1.29 is 14.3 Å². The molecule has 1 aromatic rings. The molecule has 0 spiro atoms. The van der Waals surface area contributed by atoms with Gasteiger partial charge in [-0.25, -0.2) is 4.79 Å². The SMILES string of the molecule is CC(C)c1ccc(C(=O)N2CCC(CNC(=O)OC(C)(C)C)CC2)cc1. The summed E-state index contributed by atoms with van der Waals surface area (Å²) in [6.07, 6.45) is 1.42. The Hall–Kier alpha value is -2.04. The molecule has 0 aromatic heterocycles. The highest BCUT2D eigenvalue weighted by Gasteiger charge is 2.24. The van der Waals surface area contributed by atoms with Gasteiger partial charge in [-0.05, 0) is 63.1 Å². The number of nitrogens with zero attached hydrogens (tertiary/aromatic N) is 1. The van der Waals surface area contributed by atoms with Crippen LogP contribution >= 0.6 is 0 Å². The highest BCUT2D eigenvalue weighted by Crippen LogP contribution is 2.20. The van der Waals surface area contributed by atoms with Crippen molar-refractivity contribution in [3.63, 3.8) is 0 Å². The molecule has 1 heterocycles. The van der Waals surface area contributed by atoms with E-state index in [0.29, 0.717) is 18.4 Å². The first kappa shape index (κ1) is 20.3. The van der Waals surface area contributed by atoms with Gasteiger partial charge in [0.25, 0.3) is 5.91 Å². The van der Waals surface area contributed by atoms with Gasteiger partial charge >= 0.3 is 6.09 Å². The van der Waals surface area contributed by atoms with E-state index in [1.165, 1.54) is 5.56 Å². The number of likely N-dealkylation sites (tertiary alicyclic amines) is 1. The summed E-state index contributed by atoms with van der Waals surface area (Å²) in [6, 6.07) is 7.92. The molecule has 1 aliphatic rings. The van der Waals surface area contributed by atoms with Crippen molar-refractivity contribution in [2.24, 2.45) is 5.92 Å². The second kappa shape index (κ2) is 8.56. The van der Waals surface area contributed by atoms with Gasteiger partial charge in [0.1, 0.15) is 5.60 Å². The Morgan fingerprint density at radius 2 is 1.73 bits per heavy atom. The largest absolute Gasteiger partial charge is 0.444 e. The first-order valence-corrected chi connectivity index (χ1v) is 9.52. The van der Waals surface area contributed by atoms with Crippen molar-refractivity contribution in [3.8, 4) is 0 Å². The lowest BCUT2D eigenvalue weighted by atomic mass is 9.96. The third-order valence-electron chi connectivity index (χ3n) is 4.66. The van der Waals surface area contributed by atoms with E-state index < -0.39 is 5.60 Å². The van der Waals surface area contributed by atoms with E-state index in [0.717, 1.165) is 31.5 Å². The summed E-state index contributed by atoms with van der Waals surface area (Å²) in [7, 11) is 0. The monoisotopic (exact) mass is 360 g/mol. The van der Waals surface area contributed by atoms with E-state index in [-0.39, 0.29) is 12.0 Å². The Labute approximate surface area is 157 Å². The number of ether oxygens (including phenoxy) is 1. The molecule has 1 aromatic carbocycles. The van der Waals surface area contributed by atoms with Crippen molar-refractivity contribution in [3.05, 3.63) is 35.4 Å². The van der Waals surface area contributed by atoms with E-state index in [4.69, 9.17) is 4.74 Å². The predicted octanol–water partition coefficient (Wildman–Crippen LogP) is 4.19. The minimum atomic E-state index is -0.481. The van der Waals surface area contributed by atoms with Crippen molar-refractivity contribution in [1.29, 1.82) is 0 Å². The number of amides is 2. The molecule has 2 rings (SSSR count). The number of carbonyl (C=O) groups is 2. The minimum Gasteiger partial charge on any atom is -0.444 e. The van der Waals surface area contributed by atoms with Gasteiger partial charge in [0, 0.05) is 25.2 Å². The van der Waals surface area contributed by atoms with E-state index >= 15 is 0 Å². The molecule has 1 N–H and O–H groups in total. The number of rotatable bonds is 4. The van der Waals surface area contributed by atoms with Crippen LogP contribution in [0.5, 0.6) is 0 Å². The number of piperidine rings is 1. The molecule has 1 aliphatic heterocycles. The van der Waals surface area contributed by atoms with Gasteiger partial charge in [-0.2, -0.15) is 0 Å². The van der Waals surface area contributed by atoms with Crippen LogP contribution in [0.3, 0.4) is 0 Å². The summed E-state index contributed by atoms with van der Waals surface area (Å²) in [4.78, 5) is 26.3. The first-order valence-electron chi connectivity index (χ1n) is 9.52. The fraction of sp³-hybridized carbons (Fsp3) is 0.619. The molecule has 1 fully saturated rings. The number of hydrogen-bond acceptors (Lipinski definition) is 3. The zero-order valence-corrected chi connectivity index (χ0v) is 16.7. The smallest absolute Gasteiger partial charge is 0.407 e. The van der Waals surface area contributed by atoms with Crippen LogP contribution in [0, 0.1) is 5.92 Å². The van der Waals surface area contributed by atoms with Gasteiger partial charge in [0.05, 0.1) is 0 Å². The zero-order chi connectivity index (χ0) is 19.3. The lowest BCUT2D eigenvalue weighted by molar-refractivity contribution is 0.0500. The van der Waals surface area contributed by atoms with Crippen molar-refractivity contribution in [1.82, 2.24) is 10.2 Å². The van der Waals surface area contributed by atoms with Crippen LogP contribution in [0.15, 0.2) is 24.3 Å². The summed E-state index contributed by atoms with van der Waals surface area (Å²) in [5, 5.41) is 2.84. The summed E-state index contributed by atoms with van der Waals surface area (Å²) >= 11 is 0. The Balaban J connectivity index is 1.78. The average Bonchev–Trinajstić information content (AvgIpc) is 2.58. The van der Waals surface area contributed by atoms with Gasteiger partial charge in [-0.3, -0.25) is 4.79 Å². The topological polar surface area (TPSA) is 58.6 Å². The third-order valence-corrected chi connectivity index (χ3v) is 4.66. The van der Waals surface area contributed by atoms with Crippen LogP contribution in [0.1, 0.15) is 69.3 Å². The Morgan fingerprint density at radius 1 is 1.15 bits per heavy atom. The van der Waals surface area contributed by atoms with E-state index in [1.54, 1.807) is 0 Å². The average molecular weight is 360 g/mol. The molecular formula is C21H32N2O3. The van der Waals surface area contributed by atoms with Crippen LogP contribution in [0.25, 0.3) is 0 Å². The fourth-order valence-corrected chi connectivity index (χ4v) is 3.08. The normalized spacial score (nSPS) is 15.8. The number of hydrogen-bond donors (Lipinski definition) is 1. The number of carbonyl (C=O) groups excluding carboxylic acids is 2. The summed E-state index contributed by atoms with van der Waals surface area (Å²) in [6.45, 7) is 11.9. The van der Waals surface area contributed by atoms with E-state index in [1.807, 2.05) is 49.9 Å². The molecule has 0 saturated carbocycles. The molecule has 5 nitrogen and oxygen atoms in total. The van der Waals surface area contributed by atoms with Crippen molar-refractivity contribution in [2.45, 2.75) is 59.0 Å². The highest BCUT2D eigenvalue weighted by molar-refractivity contribution is 5.94. The fourth-order valence-electron chi connectivity index (χ4n) is 3.08. The lowest BCUT2D eigenvalue weighted by Gasteiger charge is -2.32. The molecule has 0 aliphatic carbocycles. The molecule has 2 amide bonds. The van der Waals surface area contributed by atoms with Gasteiger partial charge < -0.3 is 15.0 Å². The van der Waals surface area contributed by atoms with Crippen LogP contribution < -0.4 is 5.32 Å². The van der Waals surface area contributed by atoms with Crippen LogP contribution in [-0.4, -0.2) is 42.1 Å². The molecule has 0 atom stereocenters. The Kier molecular flexibility index (Phi) is 6.68. The number of alkyl carbamates (subject to hydrolysis) is 1. The summed E-state index contributed by atoms with van der Waals surface area (Å²) in [5.41, 5.74) is 1.51. The second-order valence-corrected chi connectivity index (χ2v) is 8.40. The maximum Gasteiger partial charge on any atom is 0.407 e. The standard InChI is InChI=1S/C21H32N2O3/c1-15(2)17-6-8-18(9-7-17)19(24)23-12-10-16(11-13-23)14-22-20(25)26-21(3,4)5/h6-9,15-16H,10-14H2,1-5H3,(H,22,25). The van der Waals surface area contributed by atoms with Crippen LogP contribution in [0.2, 0.25) is 0 Å². The molecule has 26 heavy (non-hydrogen) atoms. The quantitative estimate of drug-likeness (QED) is 0.876. The predicted molar refractivity (Wildman–Crippen MR) is 103 cm³/mol. The molecule has 0 radical (unpaired) electrons. The highest BCUT2D eigenvalue weighted by atomic mass is 16.6. The molecule has 0 bridgehead atoms. The molecule has 5 heteroatoms. The van der Waals surface area contributed by atoms with Gasteiger partial charge in [-0.15, -0.1) is 0 Å². The molecule has 0 unspecified atom stereocenters. The van der Waals surface area contributed by atoms with Gasteiger partial charge in [-0.1, -0.05) is 26.0 Å². The Morgan fingerprint density at radius 3 is 2.23 bits per heavy atom. The maximum absolute atomic E-state index is 12.6. The van der Waals surface area contributed by atoms with Crippen molar-refractivity contribution in [2.75, 3.05) is 19.6 Å². The minimum absolute atomic E-state index is 0.0962. The lowest BCUT2D eigenvalue weighted by Crippen LogP contribution is -2.42. The second-order valence-electron chi connectivity index (χ2n) is 8.40. The Bertz CT molecular complexity index is 609. The number of nitrogens with one attached hydrogen (secondary N) is 1. The molecule has 1 saturated heterocycles. The number of benzene rings is 1. The maximum atomic E-state index is 12.6. The third kappa shape index (κ3) is 6.04. The molecular weight excluding hydrogens is 328 g/mol. The van der Waals surface area contributed by atoms with Gasteiger partial charge in [0.15, 0.2) is 0 Å². The summed E-state index contributed by atoms with van der Waals surface area (Å²) < 4.78 is 5.26. The van der Waals surface area contributed by atoms with Crippen LogP contribution in [-0.2, 0) is 4.74 Å².